The van der Waals surface area contributed by atoms with Crippen molar-refractivity contribution in [2.75, 3.05) is 13.1 Å². The minimum absolute atomic E-state index is 0.216. The van der Waals surface area contributed by atoms with Crippen LogP contribution in [0.1, 0.15) is 42.7 Å². The van der Waals surface area contributed by atoms with Crippen LogP contribution in [-0.4, -0.2) is 13.1 Å². The smallest absolute Gasteiger partial charge is 0.276 e. The Hall–Kier alpha value is -0.960. The van der Waals surface area contributed by atoms with E-state index in [1.54, 1.807) is 18.2 Å². The standard InChI is InChI=1S/C15H19F2N/c16-15(17,13-6-7-13)14-5-1-3-11(9-14)12-4-2-8-18-10-12/h1,3,5,9,12-13,18H,2,4,6-8,10H2. The maximum absolute atomic E-state index is 14.1. The monoisotopic (exact) mass is 251 g/mol. The SMILES string of the molecule is FC(F)(c1cccc(C2CCCNC2)c1)C1CC1. The van der Waals surface area contributed by atoms with Crippen LogP contribution in [0.15, 0.2) is 24.3 Å². The summed E-state index contributed by atoms with van der Waals surface area (Å²) in [5.74, 6) is -2.65. The minimum Gasteiger partial charge on any atom is -0.316 e. The molecule has 1 heterocycles. The first kappa shape index (κ1) is 12.1. The van der Waals surface area contributed by atoms with E-state index >= 15 is 0 Å². The average molecular weight is 251 g/mol. The van der Waals surface area contributed by atoms with Crippen molar-refractivity contribution in [3.63, 3.8) is 0 Å². The van der Waals surface area contributed by atoms with Crippen molar-refractivity contribution in [3.8, 4) is 0 Å². The quantitative estimate of drug-likeness (QED) is 0.864. The van der Waals surface area contributed by atoms with Crippen LogP contribution in [0.3, 0.4) is 0 Å². The molecule has 1 saturated carbocycles. The summed E-state index contributed by atoms with van der Waals surface area (Å²) in [7, 11) is 0. The van der Waals surface area contributed by atoms with E-state index in [-0.39, 0.29) is 5.56 Å². The second-order valence-electron chi connectivity index (χ2n) is 5.57. The second-order valence-corrected chi connectivity index (χ2v) is 5.57. The third-order valence-corrected chi connectivity index (χ3v) is 4.13. The molecule has 98 valence electrons. The van der Waals surface area contributed by atoms with Gasteiger partial charge in [0.05, 0.1) is 0 Å². The van der Waals surface area contributed by atoms with Gasteiger partial charge in [-0.2, -0.15) is 0 Å². The Morgan fingerprint density at radius 3 is 2.67 bits per heavy atom. The molecule has 1 aliphatic carbocycles. The molecule has 3 rings (SSSR count). The Kier molecular flexibility index (Phi) is 3.10. The average Bonchev–Trinajstić information content (AvgIpc) is 3.25. The summed E-state index contributed by atoms with van der Waals surface area (Å²) in [6.45, 7) is 1.97. The molecule has 2 aliphatic rings. The van der Waals surface area contributed by atoms with Gasteiger partial charge in [-0.15, -0.1) is 0 Å². The molecule has 1 N–H and O–H groups in total. The molecule has 1 nitrogen and oxygen atoms in total. The van der Waals surface area contributed by atoms with Gasteiger partial charge in [-0.1, -0.05) is 18.2 Å². The molecule has 0 aromatic heterocycles. The van der Waals surface area contributed by atoms with Crippen LogP contribution in [0, 0.1) is 5.92 Å². The number of hydrogen-bond acceptors (Lipinski definition) is 1. The number of rotatable bonds is 3. The maximum Gasteiger partial charge on any atom is 0.276 e. The Bertz CT molecular complexity index is 420. The van der Waals surface area contributed by atoms with E-state index in [1.807, 2.05) is 6.07 Å². The molecule has 18 heavy (non-hydrogen) atoms. The van der Waals surface area contributed by atoms with Crippen LogP contribution >= 0.6 is 0 Å². The van der Waals surface area contributed by atoms with E-state index < -0.39 is 11.8 Å². The summed E-state index contributed by atoms with van der Waals surface area (Å²) in [5.41, 5.74) is 1.29. The van der Waals surface area contributed by atoms with Crippen molar-refractivity contribution < 1.29 is 8.78 Å². The summed E-state index contributed by atoms with van der Waals surface area (Å²) < 4.78 is 28.1. The molecular formula is C15H19F2N. The van der Waals surface area contributed by atoms with Gasteiger partial charge in [0, 0.05) is 18.0 Å². The van der Waals surface area contributed by atoms with E-state index in [1.165, 1.54) is 0 Å². The van der Waals surface area contributed by atoms with Crippen LogP contribution < -0.4 is 5.32 Å². The van der Waals surface area contributed by atoms with Crippen molar-refractivity contribution in [3.05, 3.63) is 35.4 Å². The predicted molar refractivity (Wildman–Crippen MR) is 67.9 cm³/mol. The van der Waals surface area contributed by atoms with Crippen molar-refractivity contribution >= 4 is 0 Å². The molecule has 1 unspecified atom stereocenters. The predicted octanol–water partition coefficient (Wildman–Crippen LogP) is 3.66. The van der Waals surface area contributed by atoms with E-state index in [4.69, 9.17) is 0 Å². The van der Waals surface area contributed by atoms with Crippen molar-refractivity contribution in [2.45, 2.75) is 37.5 Å². The lowest BCUT2D eigenvalue weighted by Gasteiger charge is -2.24. The normalized spacial score (nSPS) is 25.1. The largest absolute Gasteiger partial charge is 0.316 e. The molecule has 0 bridgehead atoms. The van der Waals surface area contributed by atoms with Crippen LogP contribution in [0.25, 0.3) is 0 Å². The molecule has 0 spiro atoms. The fourth-order valence-corrected chi connectivity index (χ4v) is 2.82. The fourth-order valence-electron chi connectivity index (χ4n) is 2.82. The van der Waals surface area contributed by atoms with E-state index in [0.717, 1.165) is 31.5 Å². The molecule has 2 fully saturated rings. The topological polar surface area (TPSA) is 12.0 Å². The summed E-state index contributed by atoms with van der Waals surface area (Å²) in [5, 5.41) is 3.34. The Balaban J connectivity index is 1.84. The van der Waals surface area contributed by atoms with Gasteiger partial charge < -0.3 is 5.32 Å². The summed E-state index contributed by atoms with van der Waals surface area (Å²) >= 11 is 0. The first-order chi connectivity index (χ1) is 8.68. The number of benzene rings is 1. The van der Waals surface area contributed by atoms with Gasteiger partial charge in [-0.3, -0.25) is 0 Å². The van der Waals surface area contributed by atoms with Gasteiger partial charge in [0.25, 0.3) is 5.92 Å². The fraction of sp³-hybridized carbons (Fsp3) is 0.600. The highest BCUT2D eigenvalue weighted by Gasteiger charge is 2.47. The molecule has 0 amide bonds. The number of alkyl halides is 2. The molecule has 3 heteroatoms. The molecule has 1 saturated heterocycles. The number of nitrogens with one attached hydrogen (secondary N) is 1. The number of piperidine rings is 1. The number of hydrogen-bond donors (Lipinski definition) is 1. The first-order valence-electron chi connectivity index (χ1n) is 6.87. The molecule has 1 atom stereocenters. The molecule has 1 aromatic rings. The first-order valence-corrected chi connectivity index (χ1v) is 6.87. The molecule has 1 aliphatic heterocycles. The zero-order chi connectivity index (χ0) is 12.6. The Morgan fingerprint density at radius 2 is 2.00 bits per heavy atom. The van der Waals surface area contributed by atoms with Crippen LogP contribution in [0.4, 0.5) is 8.78 Å². The highest BCUT2D eigenvalue weighted by Crippen LogP contribution is 2.49. The second kappa shape index (κ2) is 4.61. The molecule has 0 radical (unpaired) electrons. The van der Waals surface area contributed by atoms with Gasteiger partial charge in [0.1, 0.15) is 0 Å². The lowest BCUT2D eigenvalue weighted by Crippen LogP contribution is -2.28. The van der Waals surface area contributed by atoms with Crippen LogP contribution in [0.2, 0.25) is 0 Å². The van der Waals surface area contributed by atoms with Crippen LogP contribution in [0.5, 0.6) is 0 Å². The van der Waals surface area contributed by atoms with Crippen molar-refractivity contribution in [2.24, 2.45) is 5.92 Å². The lowest BCUT2D eigenvalue weighted by atomic mass is 9.89. The van der Waals surface area contributed by atoms with E-state index in [2.05, 4.69) is 5.32 Å². The third kappa shape index (κ3) is 2.28. The maximum atomic E-state index is 14.1. The number of halogens is 2. The zero-order valence-corrected chi connectivity index (χ0v) is 10.5. The third-order valence-electron chi connectivity index (χ3n) is 4.13. The highest BCUT2D eigenvalue weighted by atomic mass is 19.3. The zero-order valence-electron chi connectivity index (χ0n) is 10.5. The van der Waals surface area contributed by atoms with Gasteiger partial charge in [0.15, 0.2) is 0 Å². The highest BCUT2D eigenvalue weighted by molar-refractivity contribution is 5.31. The van der Waals surface area contributed by atoms with Crippen LogP contribution in [-0.2, 0) is 5.92 Å². The van der Waals surface area contributed by atoms with Gasteiger partial charge >= 0.3 is 0 Å². The lowest BCUT2D eigenvalue weighted by molar-refractivity contribution is -0.0286. The van der Waals surface area contributed by atoms with Crippen molar-refractivity contribution in [1.29, 1.82) is 0 Å². The van der Waals surface area contributed by atoms with Gasteiger partial charge in [-0.05, 0) is 49.8 Å². The van der Waals surface area contributed by atoms with Crippen molar-refractivity contribution in [1.82, 2.24) is 5.32 Å². The Morgan fingerprint density at radius 1 is 1.17 bits per heavy atom. The minimum atomic E-state index is -2.63. The summed E-state index contributed by atoms with van der Waals surface area (Å²) in [6, 6.07) is 7.09. The molecular weight excluding hydrogens is 232 g/mol. The summed E-state index contributed by atoms with van der Waals surface area (Å²) in [6.07, 6.45) is 3.57. The Labute approximate surface area is 107 Å². The van der Waals surface area contributed by atoms with Gasteiger partial charge in [0.2, 0.25) is 0 Å². The molecule has 1 aromatic carbocycles. The van der Waals surface area contributed by atoms with Gasteiger partial charge in [-0.25, -0.2) is 8.78 Å². The summed E-state index contributed by atoms with van der Waals surface area (Å²) in [4.78, 5) is 0. The van der Waals surface area contributed by atoms with E-state index in [0.29, 0.717) is 18.8 Å². The van der Waals surface area contributed by atoms with E-state index in [9.17, 15) is 8.78 Å².